The molecule has 0 unspecified atom stereocenters. The summed E-state index contributed by atoms with van der Waals surface area (Å²) in [5.41, 5.74) is 2.70. The maximum Gasteiger partial charge on any atom is 0.278 e. The zero-order chi connectivity index (χ0) is 26.4. The van der Waals surface area contributed by atoms with E-state index in [1.165, 1.54) is 19.0 Å². The van der Waals surface area contributed by atoms with Gasteiger partial charge in [-0.15, -0.1) is 0 Å². The predicted molar refractivity (Wildman–Crippen MR) is 139 cm³/mol. The lowest BCUT2D eigenvalue weighted by atomic mass is 9.93. The van der Waals surface area contributed by atoms with Crippen molar-refractivity contribution in [3.05, 3.63) is 35.7 Å². The lowest BCUT2D eigenvalue weighted by molar-refractivity contribution is -0.0220. The molecule has 3 heterocycles. The summed E-state index contributed by atoms with van der Waals surface area (Å²) in [5, 5.41) is 2.89. The van der Waals surface area contributed by atoms with Crippen LogP contribution in [0.1, 0.15) is 54.6 Å². The Morgan fingerprint density at radius 3 is 2.24 bits per heavy atom. The molecule has 1 aromatic carbocycles. The Morgan fingerprint density at radius 1 is 0.973 bits per heavy atom. The maximum absolute atomic E-state index is 13.6. The van der Waals surface area contributed by atoms with Gasteiger partial charge in [0.25, 0.3) is 11.8 Å². The van der Waals surface area contributed by atoms with E-state index in [1.54, 1.807) is 6.07 Å². The van der Waals surface area contributed by atoms with Gasteiger partial charge in [-0.05, 0) is 61.8 Å². The molecule has 2 saturated heterocycles. The third-order valence-corrected chi connectivity index (χ3v) is 8.10. The van der Waals surface area contributed by atoms with Crippen molar-refractivity contribution in [3.63, 3.8) is 0 Å². The average Bonchev–Trinajstić information content (AvgIpc) is 3.56. The number of alkyl halides is 2. The second-order valence-electron chi connectivity index (χ2n) is 10.6. The lowest BCUT2D eigenvalue weighted by Crippen LogP contribution is -2.39. The van der Waals surface area contributed by atoms with Gasteiger partial charge in [-0.25, -0.2) is 27.2 Å². The minimum atomic E-state index is -3.57. The number of rotatable bonds is 6. The van der Waals surface area contributed by atoms with Gasteiger partial charge < -0.3 is 15.1 Å². The van der Waals surface area contributed by atoms with E-state index in [2.05, 4.69) is 20.0 Å². The molecule has 1 saturated carbocycles. The van der Waals surface area contributed by atoms with Gasteiger partial charge in [0, 0.05) is 50.4 Å². The molecule has 2 aliphatic heterocycles. The van der Waals surface area contributed by atoms with Crippen LogP contribution in [0.25, 0.3) is 0 Å². The van der Waals surface area contributed by atoms with Crippen LogP contribution < -0.4 is 19.8 Å². The molecule has 37 heavy (non-hydrogen) atoms. The van der Waals surface area contributed by atoms with E-state index >= 15 is 0 Å². The lowest BCUT2D eigenvalue weighted by Gasteiger charge is -2.34. The second kappa shape index (κ2) is 9.38. The molecular formula is C25H32F2N6O3S. The highest BCUT2D eigenvalue weighted by atomic mass is 32.2. The third-order valence-electron chi connectivity index (χ3n) is 7.52. The Labute approximate surface area is 215 Å². The number of aryl methyl sites for hydroxylation is 1. The SMILES string of the molecule is Cc1cc(NC(=O)c2ncc(NS(C)(=O)=O)nc2N2CCC3(CC2)CC3)cc(N2CCC(F)(F)CC2)c1. The first-order valence-corrected chi connectivity index (χ1v) is 14.5. The molecule has 3 fully saturated rings. The summed E-state index contributed by atoms with van der Waals surface area (Å²) < 4.78 is 53.1. The van der Waals surface area contributed by atoms with E-state index in [9.17, 15) is 22.0 Å². The number of nitrogens with one attached hydrogen (secondary N) is 2. The van der Waals surface area contributed by atoms with Crippen LogP contribution in [0.2, 0.25) is 0 Å². The van der Waals surface area contributed by atoms with Gasteiger partial charge >= 0.3 is 0 Å². The molecule has 3 aliphatic rings. The molecule has 1 amide bonds. The zero-order valence-electron chi connectivity index (χ0n) is 21.1. The summed E-state index contributed by atoms with van der Waals surface area (Å²) in [6, 6.07) is 5.50. The summed E-state index contributed by atoms with van der Waals surface area (Å²) in [4.78, 5) is 26.1. The van der Waals surface area contributed by atoms with Crippen molar-refractivity contribution in [1.82, 2.24) is 9.97 Å². The number of anilines is 4. The molecule has 9 nitrogen and oxygen atoms in total. The Balaban J connectivity index is 1.39. The standard InChI is InChI=1S/C25H32F2N6O3S/c1-17-13-18(15-19(14-17)32-11-7-25(26,27)8-12-32)29-23(34)21-22(30-20(16-28-21)31-37(2,35)36)33-9-5-24(3-4-24)6-10-33/h13-16H,3-12H2,1-2H3,(H,29,34)(H,30,31). The Morgan fingerprint density at radius 2 is 1.62 bits per heavy atom. The van der Waals surface area contributed by atoms with Crippen molar-refractivity contribution in [3.8, 4) is 0 Å². The van der Waals surface area contributed by atoms with E-state index in [4.69, 9.17) is 0 Å². The molecule has 1 aromatic heterocycles. The van der Waals surface area contributed by atoms with Crippen LogP contribution in [0.15, 0.2) is 24.4 Å². The molecule has 12 heteroatoms. The highest BCUT2D eigenvalue weighted by Gasteiger charge is 2.45. The normalized spacial score (nSPS) is 20.5. The number of carbonyl (C=O) groups is 1. The van der Waals surface area contributed by atoms with Gasteiger partial charge in [-0.2, -0.15) is 0 Å². The third kappa shape index (κ3) is 6.11. The van der Waals surface area contributed by atoms with E-state index in [-0.39, 0.29) is 37.4 Å². The van der Waals surface area contributed by atoms with Crippen LogP contribution >= 0.6 is 0 Å². The van der Waals surface area contributed by atoms with Crippen LogP contribution in [0.5, 0.6) is 0 Å². The number of hydrogen-bond acceptors (Lipinski definition) is 7. The van der Waals surface area contributed by atoms with Crippen LogP contribution in [0, 0.1) is 12.3 Å². The van der Waals surface area contributed by atoms with Crippen LogP contribution in [0.3, 0.4) is 0 Å². The highest BCUT2D eigenvalue weighted by Crippen LogP contribution is 2.54. The number of hydrogen-bond donors (Lipinski definition) is 2. The second-order valence-corrected chi connectivity index (χ2v) is 12.4. The Hall–Kier alpha value is -3.02. The molecule has 0 atom stereocenters. The molecular weight excluding hydrogens is 502 g/mol. The number of benzene rings is 1. The van der Waals surface area contributed by atoms with Crippen LogP contribution in [0.4, 0.5) is 31.8 Å². The number of piperidine rings is 2. The van der Waals surface area contributed by atoms with Crippen molar-refractivity contribution < 1.29 is 22.0 Å². The molecule has 1 aliphatic carbocycles. The monoisotopic (exact) mass is 534 g/mol. The number of nitrogens with zero attached hydrogens (tertiary/aromatic N) is 4. The molecule has 2 aromatic rings. The minimum Gasteiger partial charge on any atom is -0.371 e. The van der Waals surface area contributed by atoms with Crippen molar-refractivity contribution >= 4 is 38.9 Å². The molecule has 1 spiro atoms. The number of carbonyl (C=O) groups excluding carboxylic acids is 1. The summed E-state index contributed by atoms with van der Waals surface area (Å²) in [5.74, 6) is -2.71. The van der Waals surface area contributed by atoms with Crippen molar-refractivity contribution in [2.24, 2.45) is 5.41 Å². The van der Waals surface area contributed by atoms with Gasteiger partial charge in [0.15, 0.2) is 17.3 Å². The number of amides is 1. The molecule has 0 bridgehead atoms. The summed E-state index contributed by atoms with van der Waals surface area (Å²) in [7, 11) is -3.57. The predicted octanol–water partition coefficient (Wildman–Crippen LogP) is 4.02. The molecule has 0 radical (unpaired) electrons. The van der Waals surface area contributed by atoms with Crippen molar-refractivity contribution in [2.45, 2.75) is 51.4 Å². The Bertz CT molecular complexity index is 1300. The van der Waals surface area contributed by atoms with Crippen LogP contribution in [-0.4, -0.2) is 62.7 Å². The Kier molecular flexibility index (Phi) is 6.49. The fourth-order valence-electron chi connectivity index (χ4n) is 5.17. The maximum atomic E-state index is 13.6. The summed E-state index contributed by atoms with van der Waals surface area (Å²) >= 11 is 0. The van der Waals surface area contributed by atoms with E-state index in [0.29, 0.717) is 30.0 Å². The van der Waals surface area contributed by atoms with E-state index in [1.807, 2.05) is 28.9 Å². The number of aromatic nitrogens is 2. The van der Waals surface area contributed by atoms with Gasteiger partial charge in [0.2, 0.25) is 10.0 Å². The first-order chi connectivity index (χ1) is 17.4. The summed E-state index contributed by atoms with van der Waals surface area (Å²) in [6.45, 7) is 3.79. The van der Waals surface area contributed by atoms with Crippen molar-refractivity contribution in [2.75, 3.05) is 52.3 Å². The minimum absolute atomic E-state index is 0.0560. The van der Waals surface area contributed by atoms with Gasteiger partial charge in [-0.1, -0.05) is 0 Å². The average molecular weight is 535 g/mol. The molecule has 2 N–H and O–H groups in total. The van der Waals surface area contributed by atoms with Gasteiger partial charge in [-0.3, -0.25) is 9.52 Å². The quantitative estimate of drug-likeness (QED) is 0.576. The topological polar surface area (TPSA) is 108 Å². The highest BCUT2D eigenvalue weighted by molar-refractivity contribution is 7.92. The first kappa shape index (κ1) is 25.6. The number of halogens is 2. The largest absolute Gasteiger partial charge is 0.371 e. The van der Waals surface area contributed by atoms with E-state index < -0.39 is 21.9 Å². The zero-order valence-corrected chi connectivity index (χ0v) is 21.9. The van der Waals surface area contributed by atoms with E-state index in [0.717, 1.165) is 30.3 Å². The number of sulfonamides is 1. The van der Waals surface area contributed by atoms with Crippen LogP contribution in [-0.2, 0) is 10.0 Å². The fourth-order valence-corrected chi connectivity index (χ4v) is 5.65. The van der Waals surface area contributed by atoms with Gasteiger partial charge in [0.05, 0.1) is 12.5 Å². The van der Waals surface area contributed by atoms with Gasteiger partial charge in [0.1, 0.15) is 0 Å². The fraction of sp³-hybridized carbons (Fsp3) is 0.560. The van der Waals surface area contributed by atoms with Crippen molar-refractivity contribution in [1.29, 1.82) is 0 Å². The molecule has 200 valence electrons. The molecule has 5 rings (SSSR count). The summed E-state index contributed by atoms with van der Waals surface area (Å²) in [6.07, 6.45) is 6.30. The smallest absolute Gasteiger partial charge is 0.278 e. The first-order valence-electron chi connectivity index (χ1n) is 12.6.